The van der Waals surface area contributed by atoms with Gasteiger partial charge in [-0.3, -0.25) is 15.1 Å². The molecule has 36 heavy (non-hydrogen) atoms. The van der Waals surface area contributed by atoms with Crippen LogP contribution in [0.25, 0.3) is 10.2 Å². The van der Waals surface area contributed by atoms with Crippen molar-refractivity contribution in [2.75, 3.05) is 25.2 Å². The van der Waals surface area contributed by atoms with Gasteiger partial charge < -0.3 is 9.47 Å². The second-order valence-electron chi connectivity index (χ2n) is 7.77. The average Bonchev–Trinajstić information content (AvgIpc) is 3.29. The summed E-state index contributed by atoms with van der Waals surface area (Å²) >= 11 is 1.33. The number of aliphatic imine (C=N–C) groups is 1. The molecule has 1 aromatic heterocycles. The number of fused-ring (bicyclic) bond motifs is 1. The van der Waals surface area contributed by atoms with Gasteiger partial charge in [-0.15, -0.1) is 0 Å². The normalized spacial score (nSPS) is 12.5. The van der Waals surface area contributed by atoms with Crippen LogP contribution in [0.2, 0.25) is 0 Å². The quantitative estimate of drug-likeness (QED) is 0.313. The van der Waals surface area contributed by atoms with Crippen molar-refractivity contribution < 1.29 is 22.7 Å². The molecule has 0 saturated heterocycles. The summed E-state index contributed by atoms with van der Waals surface area (Å²) in [7, 11) is -0.106. The third-order valence-corrected chi connectivity index (χ3v) is 8.10. The third-order valence-electron chi connectivity index (χ3n) is 5.40. The third kappa shape index (κ3) is 5.72. The van der Waals surface area contributed by atoms with E-state index in [1.54, 1.807) is 57.6 Å². The monoisotopic (exact) mass is 523 g/mol. The maximum absolute atomic E-state index is 13.4. The van der Waals surface area contributed by atoms with Crippen LogP contribution < -0.4 is 14.8 Å². The van der Waals surface area contributed by atoms with Gasteiger partial charge in [0, 0.05) is 24.9 Å². The number of anilines is 1. The molecule has 1 atom stereocenters. The highest BCUT2D eigenvalue weighted by molar-refractivity contribution is 7.91. The first kappa shape index (κ1) is 25.3. The van der Waals surface area contributed by atoms with Crippen LogP contribution >= 0.6 is 11.3 Å². The van der Waals surface area contributed by atoms with Gasteiger partial charge in [-0.1, -0.05) is 30.4 Å². The van der Waals surface area contributed by atoms with Crippen molar-refractivity contribution in [1.82, 2.24) is 4.98 Å². The Kier molecular flexibility index (Phi) is 7.66. The second-order valence-corrected chi connectivity index (χ2v) is 11.1. The molecule has 0 aliphatic heterocycles. The smallest absolute Gasteiger partial charge is 0.271 e. The maximum Gasteiger partial charge on any atom is 0.271 e. The van der Waals surface area contributed by atoms with Crippen molar-refractivity contribution in [3.63, 3.8) is 0 Å². The van der Waals surface area contributed by atoms with Gasteiger partial charge in [0.2, 0.25) is 6.10 Å². The van der Waals surface area contributed by atoms with Crippen LogP contribution in [-0.4, -0.2) is 45.4 Å². The number of rotatable bonds is 9. The summed E-state index contributed by atoms with van der Waals surface area (Å²) in [4.78, 5) is 22.1. The Balaban J connectivity index is 1.64. The van der Waals surface area contributed by atoms with E-state index in [1.807, 2.05) is 24.3 Å². The number of thiazole rings is 1. The fraction of sp³-hybridized carbons (Fsp3) is 0.192. The SMILES string of the molecule is CCS(=O)(=O)c1ccc(C(Oc2ccc(/C=N/C)cc2)C(=O)Nc2nc3cc(OC)ccc3s2)cc1. The number of carbonyl (C=O) groups is 1. The van der Waals surface area contributed by atoms with Gasteiger partial charge in [0.1, 0.15) is 11.5 Å². The molecule has 0 aliphatic rings. The largest absolute Gasteiger partial charge is 0.497 e. The van der Waals surface area contributed by atoms with Crippen LogP contribution in [0.4, 0.5) is 5.13 Å². The number of ether oxygens (including phenoxy) is 2. The summed E-state index contributed by atoms with van der Waals surface area (Å²) in [5.41, 5.74) is 2.10. The van der Waals surface area contributed by atoms with Gasteiger partial charge in [-0.05, 0) is 54.1 Å². The van der Waals surface area contributed by atoms with E-state index in [0.29, 0.717) is 27.7 Å². The average molecular weight is 524 g/mol. The van der Waals surface area contributed by atoms with Gasteiger partial charge in [0.05, 0.1) is 28.0 Å². The van der Waals surface area contributed by atoms with E-state index in [2.05, 4.69) is 15.3 Å². The van der Waals surface area contributed by atoms with Crippen molar-refractivity contribution in [3.05, 3.63) is 77.9 Å². The summed E-state index contributed by atoms with van der Waals surface area (Å²) in [6, 6.07) is 18.8. The number of hydrogen-bond acceptors (Lipinski definition) is 8. The molecule has 4 aromatic rings. The molecule has 1 unspecified atom stereocenters. The lowest BCUT2D eigenvalue weighted by atomic mass is 10.1. The molecule has 186 valence electrons. The minimum absolute atomic E-state index is 0.0113. The van der Waals surface area contributed by atoms with Crippen molar-refractivity contribution in [2.45, 2.75) is 17.9 Å². The second kappa shape index (κ2) is 10.9. The van der Waals surface area contributed by atoms with E-state index in [9.17, 15) is 13.2 Å². The number of nitrogens with one attached hydrogen (secondary N) is 1. The number of nitrogens with zero attached hydrogens (tertiary/aromatic N) is 2. The Labute approximate surface area is 213 Å². The maximum atomic E-state index is 13.4. The summed E-state index contributed by atoms with van der Waals surface area (Å²) in [5, 5.41) is 3.25. The number of aromatic nitrogens is 1. The predicted octanol–water partition coefficient (Wildman–Crippen LogP) is 4.91. The van der Waals surface area contributed by atoms with Gasteiger partial charge in [-0.25, -0.2) is 13.4 Å². The number of benzene rings is 3. The van der Waals surface area contributed by atoms with E-state index in [0.717, 1.165) is 10.3 Å². The van der Waals surface area contributed by atoms with Crippen molar-refractivity contribution in [3.8, 4) is 11.5 Å². The summed E-state index contributed by atoms with van der Waals surface area (Å²) in [6.45, 7) is 1.59. The van der Waals surface area contributed by atoms with Crippen molar-refractivity contribution in [1.29, 1.82) is 0 Å². The topological polar surface area (TPSA) is 107 Å². The van der Waals surface area contributed by atoms with E-state index in [1.165, 1.54) is 23.5 Å². The summed E-state index contributed by atoms with van der Waals surface area (Å²) in [5.74, 6) is 0.697. The lowest BCUT2D eigenvalue weighted by Crippen LogP contribution is -2.25. The van der Waals surface area contributed by atoms with Crippen molar-refractivity contribution in [2.24, 2.45) is 4.99 Å². The molecule has 1 heterocycles. The van der Waals surface area contributed by atoms with Crippen LogP contribution in [-0.2, 0) is 14.6 Å². The van der Waals surface area contributed by atoms with Crippen molar-refractivity contribution >= 4 is 48.6 Å². The molecule has 4 rings (SSSR count). The first-order valence-electron chi connectivity index (χ1n) is 11.1. The molecule has 1 N–H and O–H groups in total. The Morgan fingerprint density at radius 2 is 1.78 bits per heavy atom. The van der Waals surface area contributed by atoms with Gasteiger partial charge in [0.15, 0.2) is 15.0 Å². The Hall–Kier alpha value is -3.76. The van der Waals surface area contributed by atoms with Crippen LogP contribution in [0.15, 0.2) is 76.6 Å². The van der Waals surface area contributed by atoms with E-state index in [4.69, 9.17) is 9.47 Å². The highest BCUT2D eigenvalue weighted by Crippen LogP contribution is 2.31. The molecule has 0 saturated carbocycles. The molecule has 0 spiro atoms. The molecule has 0 radical (unpaired) electrons. The number of sulfone groups is 1. The number of carbonyl (C=O) groups excluding carboxylic acids is 1. The zero-order valence-electron chi connectivity index (χ0n) is 20.0. The number of hydrogen-bond donors (Lipinski definition) is 1. The van der Waals surface area contributed by atoms with Crippen LogP contribution in [0.5, 0.6) is 11.5 Å². The van der Waals surface area contributed by atoms with Gasteiger partial charge in [-0.2, -0.15) is 0 Å². The number of amides is 1. The molecule has 8 nitrogen and oxygen atoms in total. The van der Waals surface area contributed by atoms with Crippen LogP contribution in [0.3, 0.4) is 0 Å². The van der Waals surface area contributed by atoms with Crippen LogP contribution in [0.1, 0.15) is 24.2 Å². The highest BCUT2D eigenvalue weighted by atomic mass is 32.2. The minimum atomic E-state index is -3.37. The molecule has 1 amide bonds. The van der Waals surface area contributed by atoms with Crippen LogP contribution in [0, 0.1) is 0 Å². The molecule has 3 aromatic carbocycles. The Bertz CT molecular complexity index is 1500. The highest BCUT2D eigenvalue weighted by Gasteiger charge is 2.25. The Morgan fingerprint density at radius 3 is 2.42 bits per heavy atom. The fourth-order valence-electron chi connectivity index (χ4n) is 3.47. The standard InChI is InChI=1S/C26H25N3O5S2/c1-4-36(31,32)21-12-7-18(8-13-21)24(34-19-9-5-17(6-10-19)16-27-2)25(30)29-26-28-22-15-20(33-3)11-14-23(22)35-26/h5-16,24H,4H2,1-3H3,(H,28,29,30)/b27-16+. The molecular formula is C26H25N3O5S2. The first-order chi connectivity index (χ1) is 17.3. The summed E-state index contributed by atoms with van der Waals surface area (Å²) < 4.78 is 36.7. The van der Waals surface area contributed by atoms with E-state index in [-0.39, 0.29) is 10.6 Å². The lowest BCUT2D eigenvalue weighted by molar-refractivity contribution is -0.123. The summed E-state index contributed by atoms with van der Waals surface area (Å²) in [6.07, 6.45) is 0.666. The number of methoxy groups -OCH3 is 1. The van der Waals surface area contributed by atoms with Gasteiger partial charge in [0.25, 0.3) is 5.91 Å². The zero-order chi connectivity index (χ0) is 25.7. The fourth-order valence-corrected chi connectivity index (χ4v) is 5.20. The zero-order valence-corrected chi connectivity index (χ0v) is 21.6. The molecule has 0 aliphatic carbocycles. The molecule has 0 fully saturated rings. The van der Waals surface area contributed by atoms with E-state index < -0.39 is 21.8 Å². The Morgan fingerprint density at radius 1 is 1.08 bits per heavy atom. The minimum Gasteiger partial charge on any atom is -0.497 e. The first-order valence-corrected chi connectivity index (χ1v) is 13.6. The molecular weight excluding hydrogens is 498 g/mol. The van der Waals surface area contributed by atoms with Gasteiger partial charge >= 0.3 is 0 Å². The van der Waals surface area contributed by atoms with E-state index >= 15 is 0 Å². The molecule has 10 heteroatoms. The molecule has 0 bridgehead atoms. The predicted molar refractivity (Wildman–Crippen MR) is 142 cm³/mol. The lowest BCUT2D eigenvalue weighted by Gasteiger charge is -2.19.